The fourth-order valence-electron chi connectivity index (χ4n) is 1.42. The van der Waals surface area contributed by atoms with Gasteiger partial charge in [0.2, 0.25) is 0 Å². The fraction of sp³-hybridized carbons (Fsp3) is 0.273. The van der Waals surface area contributed by atoms with Gasteiger partial charge < -0.3 is 4.74 Å². The van der Waals surface area contributed by atoms with Gasteiger partial charge in [0.05, 0.1) is 0 Å². The first-order chi connectivity index (χ1) is 5.86. The van der Waals surface area contributed by atoms with Crippen LogP contribution in [0, 0.1) is 6.92 Å². The van der Waals surface area contributed by atoms with Gasteiger partial charge in [0.1, 0.15) is 12.4 Å². The molecule has 1 nitrogen and oxygen atoms in total. The topological polar surface area (TPSA) is 9.23 Å². The van der Waals surface area contributed by atoms with E-state index in [1.54, 1.807) is 0 Å². The van der Waals surface area contributed by atoms with E-state index < -0.39 is 0 Å². The predicted octanol–water partition coefficient (Wildman–Crippen LogP) is 2.49. The van der Waals surface area contributed by atoms with Crippen molar-refractivity contribution in [3.05, 3.63) is 41.5 Å². The van der Waals surface area contributed by atoms with Gasteiger partial charge in [-0.1, -0.05) is 29.8 Å². The molecule has 1 aliphatic heterocycles. The van der Waals surface area contributed by atoms with Crippen LogP contribution < -0.4 is 4.74 Å². The van der Waals surface area contributed by atoms with Crippen LogP contribution in [0.2, 0.25) is 0 Å². The lowest BCUT2D eigenvalue weighted by molar-refractivity contribution is 0.362. The van der Waals surface area contributed by atoms with Crippen LogP contribution in [0.4, 0.5) is 0 Å². The summed E-state index contributed by atoms with van der Waals surface area (Å²) in [4.78, 5) is 0. The van der Waals surface area contributed by atoms with Crippen molar-refractivity contribution in [2.75, 3.05) is 6.61 Å². The summed E-state index contributed by atoms with van der Waals surface area (Å²) in [5.74, 6) is 1.03. The summed E-state index contributed by atoms with van der Waals surface area (Å²) in [7, 11) is 0. The highest BCUT2D eigenvalue weighted by atomic mass is 16.5. The summed E-state index contributed by atoms with van der Waals surface area (Å²) in [5.41, 5.74) is 2.59. The van der Waals surface area contributed by atoms with E-state index in [9.17, 15) is 0 Å². The van der Waals surface area contributed by atoms with Crippen LogP contribution in [0.25, 0.3) is 0 Å². The molecule has 0 atom stereocenters. The Morgan fingerprint density at radius 1 is 1.25 bits per heavy atom. The Morgan fingerprint density at radius 2 is 2.17 bits per heavy atom. The third kappa shape index (κ3) is 1.35. The molecule has 2 rings (SSSR count). The van der Waals surface area contributed by atoms with Gasteiger partial charge in [-0.2, -0.15) is 0 Å². The molecular formula is C11H12O. The van der Waals surface area contributed by atoms with E-state index in [0.29, 0.717) is 6.61 Å². The van der Waals surface area contributed by atoms with Crippen molar-refractivity contribution in [2.24, 2.45) is 0 Å². The largest absolute Gasteiger partial charge is 0.489 e. The Kier molecular flexibility index (Phi) is 1.86. The average Bonchev–Trinajstić information content (AvgIpc) is 2.28. The van der Waals surface area contributed by atoms with Crippen LogP contribution >= 0.6 is 0 Å². The van der Waals surface area contributed by atoms with Crippen molar-refractivity contribution in [3.63, 3.8) is 0 Å². The van der Waals surface area contributed by atoms with Gasteiger partial charge in [-0.15, -0.1) is 0 Å². The first kappa shape index (κ1) is 7.41. The van der Waals surface area contributed by atoms with Crippen LogP contribution in [-0.4, -0.2) is 6.61 Å². The second-order valence-electron chi connectivity index (χ2n) is 3.10. The molecule has 0 unspecified atom stereocenters. The second kappa shape index (κ2) is 3.02. The number of rotatable bonds is 0. The van der Waals surface area contributed by atoms with Gasteiger partial charge in [-0.25, -0.2) is 0 Å². The van der Waals surface area contributed by atoms with Crippen molar-refractivity contribution in [2.45, 2.75) is 13.3 Å². The van der Waals surface area contributed by atoms with E-state index in [4.69, 9.17) is 4.74 Å². The number of fused-ring (bicyclic) bond motifs is 1. The molecule has 1 heterocycles. The minimum Gasteiger partial charge on any atom is -0.489 e. The maximum Gasteiger partial charge on any atom is 0.123 e. The van der Waals surface area contributed by atoms with Gasteiger partial charge in [-0.3, -0.25) is 0 Å². The summed E-state index contributed by atoms with van der Waals surface area (Å²) in [5, 5.41) is 0. The Hall–Kier alpha value is -1.24. The summed E-state index contributed by atoms with van der Waals surface area (Å²) in [6, 6.07) is 6.33. The molecule has 1 aliphatic rings. The highest BCUT2D eigenvalue weighted by Gasteiger charge is 2.03. The lowest BCUT2D eigenvalue weighted by Crippen LogP contribution is -1.93. The van der Waals surface area contributed by atoms with E-state index in [0.717, 1.165) is 12.2 Å². The Morgan fingerprint density at radius 3 is 3.08 bits per heavy atom. The van der Waals surface area contributed by atoms with Gasteiger partial charge in [0.25, 0.3) is 0 Å². The van der Waals surface area contributed by atoms with Crippen LogP contribution in [-0.2, 0) is 6.42 Å². The molecule has 12 heavy (non-hydrogen) atoms. The maximum absolute atomic E-state index is 5.52. The molecule has 0 saturated heterocycles. The number of hydrogen-bond donors (Lipinski definition) is 0. The zero-order valence-corrected chi connectivity index (χ0v) is 7.21. The molecule has 0 saturated carbocycles. The standard InChI is InChI=1S/C11H12O/c1-9-5-6-11-10(8-9)4-2-3-7-12-11/h2-3,5-6,8H,4,7H2,1H3. The van der Waals surface area contributed by atoms with Gasteiger partial charge in [0.15, 0.2) is 0 Å². The number of benzene rings is 1. The predicted molar refractivity (Wildman–Crippen MR) is 49.5 cm³/mol. The monoisotopic (exact) mass is 160 g/mol. The normalized spacial score (nSPS) is 14.8. The van der Waals surface area contributed by atoms with Crippen molar-refractivity contribution in [1.82, 2.24) is 0 Å². The van der Waals surface area contributed by atoms with Crippen LogP contribution in [0.15, 0.2) is 30.4 Å². The lowest BCUT2D eigenvalue weighted by Gasteiger charge is -2.06. The highest BCUT2D eigenvalue weighted by Crippen LogP contribution is 2.22. The molecule has 62 valence electrons. The van der Waals surface area contributed by atoms with Gasteiger partial charge in [-0.05, 0) is 25.0 Å². The molecule has 0 radical (unpaired) electrons. The minimum atomic E-state index is 0.704. The SMILES string of the molecule is Cc1ccc2c(c1)CC=CCO2. The average molecular weight is 160 g/mol. The molecular weight excluding hydrogens is 148 g/mol. The molecule has 0 spiro atoms. The van der Waals surface area contributed by atoms with E-state index >= 15 is 0 Å². The van der Waals surface area contributed by atoms with E-state index in [1.807, 2.05) is 0 Å². The molecule has 0 aromatic heterocycles. The molecule has 1 aromatic carbocycles. The highest BCUT2D eigenvalue weighted by molar-refractivity contribution is 5.39. The molecule has 0 aliphatic carbocycles. The Balaban J connectivity index is 2.42. The number of aryl methyl sites for hydroxylation is 1. The summed E-state index contributed by atoms with van der Waals surface area (Å²) in [6.45, 7) is 2.81. The molecule has 1 aromatic rings. The third-order valence-corrected chi connectivity index (χ3v) is 2.06. The smallest absolute Gasteiger partial charge is 0.123 e. The number of ether oxygens (including phenoxy) is 1. The maximum atomic E-state index is 5.52. The Labute approximate surface area is 72.7 Å². The number of hydrogen-bond acceptors (Lipinski definition) is 1. The molecule has 0 bridgehead atoms. The lowest BCUT2D eigenvalue weighted by atomic mass is 10.1. The Bertz CT molecular complexity index is 313. The number of allylic oxidation sites excluding steroid dienone is 1. The molecule has 1 heteroatoms. The van der Waals surface area contributed by atoms with Crippen LogP contribution in [0.1, 0.15) is 11.1 Å². The van der Waals surface area contributed by atoms with E-state index in [1.165, 1.54) is 11.1 Å². The summed E-state index contributed by atoms with van der Waals surface area (Å²) < 4.78 is 5.52. The third-order valence-electron chi connectivity index (χ3n) is 2.06. The zero-order valence-electron chi connectivity index (χ0n) is 7.21. The zero-order chi connectivity index (χ0) is 8.39. The van der Waals surface area contributed by atoms with Crippen molar-refractivity contribution in [1.29, 1.82) is 0 Å². The first-order valence-corrected chi connectivity index (χ1v) is 4.23. The van der Waals surface area contributed by atoms with E-state index in [2.05, 4.69) is 37.3 Å². The van der Waals surface area contributed by atoms with Gasteiger partial charge in [0, 0.05) is 0 Å². The van der Waals surface area contributed by atoms with Crippen LogP contribution in [0.5, 0.6) is 5.75 Å². The minimum absolute atomic E-state index is 0.704. The van der Waals surface area contributed by atoms with E-state index in [-0.39, 0.29) is 0 Å². The first-order valence-electron chi connectivity index (χ1n) is 4.23. The van der Waals surface area contributed by atoms with Crippen molar-refractivity contribution in [3.8, 4) is 5.75 Å². The van der Waals surface area contributed by atoms with Crippen LogP contribution in [0.3, 0.4) is 0 Å². The quantitative estimate of drug-likeness (QED) is 0.530. The molecule has 0 amide bonds. The van der Waals surface area contributed by atoms with Crippen molar-refractivity contribution >= 4 is 0 Å². The fourth-order valence-corrected chi connectivity index (χ4v) is 1.42. The summed E-state index contributed by atoms with van der Waals surface area (Å²) in [6.07, 6.45) is 5.22. The molecule has 0 N–H and O–H groups in total. The van der Waals surface area contributed by atoms with Crippen molar-refractivity contribution < 1.29 is 4.74 Å². The summed E-state index contributed by atoms with van der Waals surface area (Å²) >= 11 is 0. The van der Waals surface area contributed by atoms with Gasteiger partial charge >= 0.3 is 0 Å². The second-order valence-corrected chi connectivity index (χ2v) is 3.10. The molecule has 0 fully saturated rings.